The molecular formula is C40H21N3S2. The van der Waals surface area contributed by atoms with Gasteiger partial charge in [-0.05, 0) is 56.6 Å². The SMILES string of the molecule is c1ccc2c(c1)sc1c3sc4ncncc4c3c3c4ccccc4n(-c4ccc5c6ccccc6c6ccccc6c5c4)c3c21. The molecule has 7 aromatic carbocycles. The molecule has 0 aliphatic carbocycles. The highest BCUT2D eigenvalue weighted by molar-refractivity contribution is 7.33. The maximum Gasteiger partial charge on any atom is 0.127 e. The van der Waals surface area contributed by atoms with Crippen LogP contribution in [0.3, 0.4) is 0 Å². The Balaban J connectivity index is 1.41. The summed E-state index contributed by atoms with van der Waals surface area (Å²) in [6.45, 7) is 0. The highest BCUT2D eigenvalue weighted by Crippen LogP contribution is 2.51. The summed E-state index contributed by atoms with van der Waals surface area (Å²) in [6, 6.07) is 42.4. The number of thiophene rings is 2. The van der Waals surface area contributed by atoms with Gasteiger partial charge in [0.1, 0.15) is 11.2 Å². The second-order valence-corrected chi connectivity index (χ2v) is 13.8. The normalized spacial score (nSPS) is 12.4. The van der Waals surface area contributed by atoms with Gasteiger partial charge in [-0.3, -0.25) is 0 Å². The second kappa shape index (κ2) is 8.63. The lowest BCUT2D eigenvalue weighted by molar-refractivity contribution is 1.19. The number of hydrogen-bond acceptors (Lipinski definition) is 4. The molecule has 0 bridgehead atoms. The molecule has 5 heteroatoms. The summed E-state index contributed by atoms with van der Waals surface area (Å²) >= 11 is 3.68. The lowest BCUT2D eigenvalue weighted by atomic mass is 9.94. The lowest BCUT2D eigenvalue weighted by Gasteiger charge is -2.14. The molecule has 0 radical (unpaired) electrons. The minimum absolute atomic E-state index is 1.03. The van der Waals surface area contributed by atoms with E-state index in [1.54, 1.807) is 17.7 Å². The number of nitrogens with zero attached hydrogens (tertiary/aromatic N) is 3. The standard InChI is InChI=1S/C40H21N3S2/c1-2-11-25-23(9-1)24-10-3-4-12-26(24)30-19-22(17-18-27(25)30)43-32-15-7-5-13-28(32)34-35-31-20-41-21-42-40(31)45-38(35)39-36(37(34)43)29-14-6-8-16-33(29)44-39/h1-21H. The van der Waals surface area contributed by atoms with Crippen LogP contribution in [0, 0.1) is 0 Å². The van der Waals surface area contributed by atoms with Crippen molar-refractivity contribution in [3.05, 3.63) is 128 Å². The first-order valence-electron chi connectivity index (χ1n) is 15.1. The Labute approximate surface area is 264 Å². The van der Waals surface area contributed by atoms with E-state index in [-0.39, 0.29) is 0 Å². The van der Waals surface area contributed by atoms with Gasteiger partial charge < -0.3 is 4.57 Å². The van der Waals surface area contributed by atoms with E-state index in [9.17, 15) is 0 Å². The van der Waals surface area contributed by atoms with Crippen LogP contribution in [0.4, 0.5) is 0 Å². The molecule has 4 aromatic heterocycles. The van der Waals surface area contributed by atoms with Crippen LogP contribution in [0.15, 0.2) is 128 Å². The zero-order valence-electron chi connectivity index (χ0n) is 23.8. The molecule has 11 rings (SSSR count). The van der Waals surface area contributed by atoms with E-state index in [1.807, 2.05) is 17.5 Å². The predicted octanol–water partition coefficient (Wildman–Crippen LogP) is 11.8. The largest absolute Gasteiger partial charge is 0.309 e. The summed E-state index contributed by atoms with van der Waals surface area (Å²) in [7, 11) is 0. The molecule has 0 unspecified atom stereocenters. The Kier molecular flexibility index (Phi) is 4.61. The van der Waals surface area contributed by atoms with Gasteiger partial charge in [-0.1, -0.05) is 91.0 Å². The van der Waals surface area contributed by atoms with Gasteiger partial charge in [-0.25, -0.2) is 9.97 Å². The van der Waals surface area contributed by atoms with Crippen molar-refractivity contribution in [1.82, 2.24) is 14.5 Å². The van der Waals surface area contributed by atoms with Crippen molar-refractivity contribution in [2.24, 2.45) is 0 Å². The van der Waals surface area contributed by atoms with Crippen molar-refractivity contribution in [2.75, 3.05) is 0 Å². The minimum atomic E-state index is 1.03. The number of rotatable bonds is 1. The first kappa shape index (κ1) is 24.0. The van der Waals surface area contributed by atoms with Crippen molar-refractivity contribution < 1.29 is 0 Å². The molecule has 0 fully saturated rings. The summed E-state index contributed by atoms with van der Waals surface area (Å²) < 4.78 is 6.44. The number of para-hydroxylation sites is 1. The van der Waals surface area contributed by atoms with Crippen molar-refractivity contribution in [3.8, 4) is 5.69 Å². The summed E-state index contributed by atoms with van der Waals surface area (Å²) in [4.78, 5) is 10.2. The first-order valence-corrected chi connectivity index (χ1v) is 16.7. The highest BCUT2D eigenvalue weighted by Gasteiger charge is 2.25. The number of aromatic nitrogens is 3. The van der Waals surface area contributed by atoms with Crippen LogP contribution in [-0.4, -0.2) is 14.5 Å². The van der Waals surface area contributed by atoms with Crippen LogP contribution in [0.2, 0.25) is 0 Å². The molecule has 0 spiro atoms. The number of benzene rings is 7. The fraction of sp³-hybridized carbons (Fsp3) is 0. The topological polar surface area (TPSA) is 30.7 Å². The molecule has 208 valence electrons. The highest BCUT2D eigenvalue weighted by atomic mass is 32.1. The molecule has 0 saturated carbocycles. The maximum atomic E-state index is 4.72. The van der Waals surface area contributed by atoms with E-state index in [2.05, 4.69) is 125 Å². The third-order valence-electron chi connectivity index (χ3n) is 9.52. The Bertz CT molecular complexity index is 3020. The molecule has 3 nitrogen and oxygen atoms in total. The maximum absolute atomic E-state index is 4.72. The van der Waals surface area contributed by atoms with Gasteiger partial charge in [-0.2, -0.15) is 0 Å². The third-order valence-corrected chi connectivity index (χ3v) is 12.0. The van der Waals surface area contributed by atoms with E-state index >= 15 is 0 Å². The van der Waals surface area contributed by atoms with Gasteiger partial charge in [0, 0.05) is 48.9 Å². The van der Waals surface area contributed by atoms with E-state index in [0.717, 1.165) is 10.2 Å². The Hall–Kier alpha value is -5.36. The molecule has 0 N–H and O–H groups in total. The van der Waals surface area contributed by atoms with E-state index in [4.69, 9.17) is 4.98 Å². The van der Waals surface area contributed by atoms with Crippen molar-refractivity contribution in [2.45, 2.75) is 0 Å². The fourth-order valence-corrected chi connectivity index (χ4v) is 10.2. The third kappa shape index (κ3) is 3.04. The second-order valence-electron chi connectivity index (χ2n) is 11.7. The number of fused-ring (bicyclic) bond motifs is 18. The van der Waals surface area contributed by atoms with E-state index in [1.165, 1.54) is 90.1 Å². The smallest absolute Gasteiger partial charge is 0.127 e. The van der Waals surface area contributed by atoms with Crippen molar-refractivity contribution >= 4 is 117 Å². The van der Waals surface area contributed by atoms with Crippen LogP contribution >= 0.6 is 22.7 Å². The zero-order valence-corrected chi connectivity index (χ0v) is 25.4. The van der Waals surface area contributed by atoms with Crippen LogP contribution in [-0.2, 0) is 0 Å². The molecule has 0 aliphatic heterocycles. The summed E-state index contributed by atoms with van der Waals surface area (Å²) in [5.74, 6) is 0. The molecule has 0 saturated heterocycles. The van der Waals surface area contributed by atoms with Gasteiger partial charge in [0.25, 0.3) is 0 Å². The van der Waals surface area contributed by atoms with Crippen LogP contribution < -0.4 is 0 Å². The van der Waals surface area contributed by atoms with Crippen molar-refractivity contribution in [1.29, 1.82) is 0 Å². The average molecular weight is 608 g/mol. The fourth-order valence-electron chi connectivity index (χ4n) is 7.72. The van der Waals surface area contributed by atoms with Gasteiger partial charge in [0.15, 0.2) is 0 Å². The van der Waals surface area contributed by atoms with Crippen molar-refractivity contribution in [3.63, 3.8) is 0 Å². The van der Waals surface area contributed by atoms with E-state index < -0.39 is 0 Å². The molecule has 4 heterocycles. The van der Waals surface area contributed by atoms with Gasteiger partial charge >= 0.3 is 0 Å². The van der Waals surface area contributed by atoms with Crippen LogP contribution in [0.5, 0.6) is 0 Å². The predicted molar refractivity (Wildman–Crippen MR) is 195 cm³/mol. The summed E-state index contributed by atoms with van der Waals surface area (Å²) in [5.41, 5.74) is 3.63. The van der Waals surface area contributed by atoms with E-state index in [0.29, 0.717) is 0 Å². The first-order chi connectivity index (χ1) is 22.3. The summed E-state index contributed by atoms with van der Waals surface area (Å²) in [5, 5.41) is 15.2. The molecule has 45 heavy (non-hydrogen) atoms. The van der Waals surface area contributed by atoms with Gasteiger partial charge in [0.05, 0.1) is 20.4 Å². The van der Waals surface area contributed by atoms with Crippen LogP contribution in [0.1, 0.15) is 0 Å². The quantitative estimate of drug-likeness (QED) is 0.174. The lowest BCUT2D eigenvalue weighted by Crippen LogP contribution is -1.95. The Morgan fingerprint density at radius 3 is 1.89 bits per heavy atom. The molecule has 0 atom stereocenters. The molecule has 11 aromatic rings. The molecular weight excluding hydrogens is 587 g/mol. The Morgan fingerprint density at radius 1 is 0.489 bits per heavy atom. The van der Waals surface area contributed by atoms with Gasteiger partial charge in [-0.15, -0.1) is 22.7 Å². The Morgan fingerprint density at radius 2 is 1.11 bits per heavy atom. The average Bonchev–Trinajstić information content (AvgIpc) is 3.78. The molecule has 0 aliphatic rings. The monoisotopic (exact) mass is 607 g/mol. The summed E-state index contributed by atoms with van der Waals surface area (Å²) in [6.07, 6.45) is 3.67. The zero-order chi connectivity index (χ0) is 29.2. The molecule has 0 amide bonds. The minimum Gasteiger partial charge on any atom is -0.309 e. The van der Waals surface area contributed by atoms with Gasteiger partial charge in [0.2, 0.25) is 0 Å². The van der Waals surface area contributed by atoms with Crippen LogP contribution in [0.25, 0.3) is 100 Å². The number of hydrogen-bond donors (Lipinski definition) is 0.